The Kier molecular flexibility index (Phi) is 13.1. The van der Waals surface area contributed by atoms with E-state index in [1.165, 1.54) is 68.9 Å². The summed E-state index contributed by atoms with van der Waals surface area (Å²) < 4.78 is 6.24. The molecule has 0 saturated carbocycles. The van der Waals surface area contributed by atoms with Crippen LogP contribution in [-0.2, 0) is 10.8 Å². The normalized spacial score (nSPS) is 15.1. The Hall–Kier alpha value is -0.903. The molecule has 1 atom stereocenters. The minimum atomic E-state index is -1.74. The molecule has 1 aromatic rings. The van der Waals surface area contributed by atoms with Gasteiger partial charge in [0, 0.05) is 13.0 Å². The second-order valence-corrected chi connectivity index (χ2v) is 16.3. The molecule has 0 amide bonds. The molecule has 184 valence electrons. The van der Waals surface area contributed by atoms with E-state index in [9.17, 15) is 5.11 Å². The number of unbranched alkanes of at least 4 members (excludes halogenated alkanes) is 7. The smallest absolute Gasteiger partial charge is 0.191 e. The maximum Gasteiger partial charge on any atom is 0.191 e. The lowest BCUT2D eigenvalue weighted by molar-refractivity contribution is 0.0797. The fourth-order valence-electron chi connectivity index (χ4n) is 3.84. The van der Waals surface area contributed by atoms with E-state index in [2.05, 4.69) is 77.2 Å². The first-order valence-electron chi connectivity index (χ1n) is 13.0. The average Bonchev–Trinajstić information content (AvgIpc) is 2.68. The average molecular weight is 461 g/mol. The number of aryl methyl sites for hydroxylation is 1. The van der Waals surface area contributed by atoms with Gasteiger partial charge in [0.1, 0.15) is 0 Å². The van der Waals surface area contributed by atoms with Crippen LogP contribution in [0.15, 0.2) is 42.0 Å². The largest absolute Gasteiger partial charge is 0.417 e. The molecule has 3 heteroatoms. The van der Waals surface area contributed by atoms with E-state index >= 15 is 0 Å². The fraction of sp³-hybridized carbons (Fsp3) is 0.724. The topological polar surface area (TPSA) is 29.5 Å². The molecule has 0 aliphatic heterocycles. The minimum Gasteiger partial charge on any atom is -0.417 e. The van der Waals surface area contributed by atoms with Crippen molar-refractivity contribution in [1.82, 2.24) is 0 Å². The predicted molar refractivity (Wildman–Crippen MR) is 144 cm³/mol. The highest BCUT2D eigenvalue weighted by Gasteiger charge is 2.37. The van der Waals surface area contributed by atoms with E-state index in [-0.39, 0.29) is 5.04 Å². The summed E-state index contributed by atoms with van der Waals surface area (Å²) in [5.74, 6) is 0. The number of benzene rings is 1. The summed E-state index contributed by atoms with van der Waals surface area (Å²) >= 11 is 0. The third-order valence-corrected chi connectivity index (χ3v) is 11.6. The highest BCUT2D eigenvalue weighted by Crippen LogP contribution is 2.36. The maximum absolute atomic E-state index is 10.8. The van der Waals surface area contributed by atoms with Gasteiger partial charge < -0.3 is 9.53 Å². The third kappa shape index (κ3) is 13.0. The monoisotopic (exact) mass is 460 g/mol. The molecule has 2 nitrogen and oxygen atoms in total. The number of rotatable bonds is 16. The summed E-state index contributed by atoms with van der Waals surface area (Å²) in [6.45, 7) is 16.0. The zero-order valence-electron chi connectivity index (χ0n) is 22.3. The summed E-state index contributed by atoms with van der Waals surface area (Å²) in [7, 11) is -1.74. The predicted octanol–water partition coefficient (Wildman–Crippen LogP) is 8.85. The van der Waals surface area contributed by atoms with Crippen molar-refractivity contribution in [2.24, 2.45) is 0 Å². The van der Waals surface area contributed by atoms with E-state index in [1.807, 2.05) is 6.92 Å². The van der Waals surface area contributed by atoms with E-state index in [4.69, 9.17) is 4.43 Å². The zero-order chi connectivity index (χ0) is 24.1. The Balaban J connectivity index is 2.09. The van der Waals surface area contributed by atoms with Gasteiger partial charge >= 0.3 is 0 Å². The number of hydrogen-bond donors (Lipinski definition) is 1. The van der Waals surface area contributed by atoms with Crippen molar-refractivity contribution in [2.75, 3.05) is 6.61 Å². The molecular formula is C29H52O2Si. The summed E-state index contributed by atoms with van der Waals surface area (Å²) in [5.41, 5.74) is 2.01. The molecule has 1 N–H and O–H groups in total. The fourth-order valence-corrected chi connectivity index (χ4v) is 4.89. The lowest BCUT2D eigenvalue weighted by Gasteiger charge is -2.37. The molecule has 0 fully saturated rings. The van der Waals surface area contributed by atoms with Gasteiger partial charge in [-0.1, -0.05) is 101 Å². The van der Waals surface area contributed by atoms with E-state index in [0.29, 0.717) is 13.0 Å². The highest BCUT2D eigenvalue weighted by atomic mass is 28.4. The van der Waals surface area contributed by atoms with Crippen LogP contribution >= 0.6 is 0 Å². The van der Waals surface area contributed by atoms with Gasteiger partial charge in [-0.2, -0.15) is 0 Å². The molecule has 0 aliphatic carbocycles. The van der Waals surface area contributed by atoms with Gasteiger partial charge in [0.05, 0.1) is 5.60 Å². The number of aliphatic hydroxyl groups is 1. The van der Waals surface area contributed by atoms with Crippen molar-refractivity contribution in [3.63, 3.8) is 0 Å². The van der Waals surface area contributed by atoms with Crippen LogP contribution in [0.4, 0.5) is 0 Å². The van der Waals surface area contributed by atoms with Gasteiger partial charge in [-0.05, 0) is 63.2 Å². The summed E-state index contributed by atoms with van der Waals surface area (Å²) in [5, 5.41) is 11.0. The second kappa shape index (κ2) is 14.4. The molecule has 1 rings (SSSR count). The van der Waals surface area contributed by atoms with Crippen molar-refractivity contribution in [1.29, 1.82) is 0 Å². The summed E-state index contributed by atoms with van der Waals surface area (Å²) in [4.78, 5) is 0. The Bertz CT molecular complexity index is 641. The summed E-state index contributed by atoms with van der Waals surface area (Å²) in [6.07, 6.45) is 15.7. The molecule has 1 unspecified atom stereocenters. The Morgan fingerprint density at radius 3 is 1.97 bits per heavy atom. The van der Waals surface area contributed by atoms with Gasteiger partial charge in [-0.25, -0.2) is 0 Å². The lowest BCUT2D eigenvalue weighted by Crippen LogP contribution is -2.42. The zero-order valence-corrected chi connectivity index (χ0v) is 23.3. The van der Waals surface area contributed by atoms with Gasteiger partial charge in [0.25, 0.3) is 0 Å². The Morgan fingerprint density at radius 1 is 0.875 bits per heavy atom. The van der Waals surface area contributed by atoms with Crippen molar-refractivity contribution in [3.8, 4) is 0 Å². The number of allylic oxidation sites excluding steroid dienone is 1. The van der Waals surface area contributed by atoms with Crippen LogP contribution < -0.4 is 0 Å². The first kappa shape index (κ1) is 29.1. The molecule has 0 aromatic heterocycles. The van der Waals surface area contributed by atoms with Gasteiger partial charge in [0.2, 0.25) is 0 Å². The maximum atomic E-state index is 10.8. The van der Waals surface area contributed by atoms with Crippen molar-refractivity contribution < 1.29 is 9.53 Å². The van der Waals surface area contributed by atoms with Crippen LogP contribution in [0.25, 0.3) is 0 Å². The van der Waals surface area contributed by atoms with Crippen molar-refractivity contribution in [3.05, 3.63) is 47.5 Å². The van der Waals surface area contributed by atoms with Crippen molar-refractivity contribution in [2.45, 2.75) is 129 Å². The highest BCUT2D eigenvalue weighted by molar-refractivity contribution is 6.74. The minimum absolute atomic E-state index is 0.215. The van der Waals surface area contributed by atoms with Crippen LogP contribution in [0, 0.1) is 0 Å². The molecule has 0 aliphatic rings. The second-order valence-electron chi connectivity index (χ2n) is 11.5. The molecule has 1 aromatic carbocycles. The molecular weight excluding hydrogens is 408 g/mol. The third-order valence-electron chi connectivity index (χ3n) is 7.06. The van der Waals surface area contributed by atoms with Gasteiger partial charge in [-0.3, -0.25) is 0 Å². The van der Waals surface area contributed by atoms with Crippen LogP contribution in [-0.4, -0.2) is 25.6 Å². The van der Waals surface area contributed by atoms with E-state index in [1.54, 1.807) is 0 Å². The van der Waals surface area contributed by atoms with Crippen LogP contribution in [0.1, 0.15) is 104 Å². The van der Waals surface area contributed by atoms with Gasteiger partial charge in [-0.15, -0.1) is 0 Å². The molecule has 0 heterocycles. The Morgan fingerprint density at radius 2 is 1.41 bits per heavy atom. The lowest BCUT2D eigenvalue weighted by atomic mass is 9.97. The standard InChI is InChI=1S/C29H52O2Si/c1-26(25-29(5,30)23-24-31-32(6,7)28(2,3)4)19-15-12-10-8-9-11-13-16-20-27-21-17-14-18-22-27/h14,17-18,21-22,25,30H,8-13,15-16,19-20,23-24H2,1-7H3/b26-25+. The van der Waals surface area contributed by atoms with E-state index < -0.39 is 13.9 Å². The van der Waals surface area contributed by atoms with Gasteiger partial charge in [0.15, 0.2) is 8.32 Å². The SMILES string of the molecule is C/C(=C\C(C)(O)CCO[Si](C)(C)C(C)(C)C)CCCCCCCCCCc1ccccc1. The first-order chi connectivity index (χ1) is 14.9. The molecule has 0 bridgehead atoms. The molecule has 0 radical (unpaired) electrons. The molecule has 0 saturated heterocycles. The summed E-state index contributed by atoms with van der Waals surface area (Å²) in [6, 6.07) is 10.8. The van der Waals surface area contributed by atoms with Crippen molar-refractivity contribution >= 4 is 8.32 Å². The first-order valence-corrected chi connectivity index (χ1v) is 15.9. The molecule has 32 heavy (non-hydrogen) atoms. The van der Waals surface area contributed by atoms with Crippen LogP contribution in [0.3, 0.4) is 0 Å². The quantitative estimate of drug-likeness (QED) is 0.152. The molecule has 0 spiro atoms. The Labute approximate surface area is 201 Å². The van der Waals surface area contributed by atoms with E-state index in [0.717, 1.165) is 6.42 Å². The number of hydrogen-bond acceptors (Lipinski definition) is 2. The van der Waals surface area contributed by atoms with Crippen LogP contribution in [0.5, 0.6) is 0 Å². The van der Waals surface area contributed by atoms with Crippen LogP contribution in [0.2, 0.25) is 18.1 Å².